The van der Waals surface area contributed by atoms with Crippen LogP contribution in [-0.4, -0.2) is 65.6 Å². The Hall–Kier alpha value is -3.76. The molecule has 1 fully saturated rings. The van der Waals surface area contributed by atoms with Gasteiger partial charge in [-0.05, 0) is 41.8 Å². The van der Waals surface area contributed by atoms with Crippen LogP contribution in [0.15, 0.2) is 71.6 Å². The third kappa shape index (κ3) is 6.46. The lowest BCUT2D eigenvalue weighted by Crippen LogP contribution is -2.60. The molecule has 0 spiro atoms. The Morgan fingerprint density at radius 1 is 0.846 bits per heavy atom. The van der Waals surface area contributed by atoms with Gasteiger partial charge in [0.25, 0.3) is 0 Å². The molecule has 0 bridgehead atoms. The van der Waals surface area contributed by atoms with Crippen LogP contribution in [0.3, 0.4) is 0 Å². The van der Waals surface area contributed by atoms with Crippen molar-refractivity contribution in [3.63, 3.8) is 0 Å². The van der Waals surface area contributed by atoms with E-state index in [1.54, 1.807) is 39.5 Å². The highest BCUT2D eigenvalue weighted by molar-refractivity contribution is 7.89. The number of ether oxygens (including phenoxy) is 3. The van der Waals surface area contributed by atoms with Gasteiger partial charge >= 0.3 is 0 Å². The molecule has 0 unspecified atom stereocenters. The molecular formula is C29H35N3O6S. The van der Waals surface area contributed by atoms with E-state index in [1.807, 2.05) is 60.4 Å². The lowest BCUT2D eigenvalue weighted by molar-refractivity contribution is -0.125. The average Bonchev–Trinajstić information content (AvgIpc) is 2.99. The Morgan fingerprint density at radius 2 is 1.44 bits per heavy atom. The van der Waals surface area contributed by atoms with E-state index in [0.717, 1.165) is 23.2 Å². The fraction of sp³-hybridized carbons (Fsp3) is 0.345. The van der Waals surface area contributed by atoms with Crippen molar-refractivity contribution in [2.24, 2.45) is 0 Å². The van der Waals surface area contributed by atoms with E-state index in [-0.39, 0.29) is 30.4 Å². The molecule has 0 aliphatic carbocycles. The molecule has 3 aromatic carbocycles. The summed E-state index contributed by atoms with van der Waals surface area (Å²) >= 11 is 0. The van der Waals surface area contributed by atoms with Gasteiger partial charge in [0.2, 0.25) is 15.9 Å². The van der Waals surface area contributed by atoms with Gasteiger partial charge in [0.05, 0.1) is 26.2 Å². The van der Waals surface area contributed by atoms with Crippen molar-refractivity contribution in [2.75, 3.05) is 45.9 Å². The lowest BCUT2D eigenvalue weighted by Gasteiger charge is -2.40. The molecule has 208 valence electrons. The van der Waals surface area contributed by atoms with Gasteiger partial charge in [-0.1, -0.05) is 31.2 Å². The zero-order chi connectivity index (χ0) is 28.0. The molecule has 1 aliphatic rings. The fourth-order valence-corrected chi connectivity index (χ4v) is 6.13. The minimum Gasteiger partial charge on any atom is -0.497 e. The molecule has 1 atom stereocenters. The molecule has 1 saturated heterocycles. The van der Waals surface area contributed by atoms with E-state index < -0.39 is 16.1 Å². The predicted octanol–water partition coefficient (Wildman–Crippen LogP) is 3.47. The van der Waals surface area contributed by atoms with Gasteiger partial charge in [0.15, 0.2) is 0 Å². The van der Waals surface area contributed by atoms with Crippen LogP contribution < -0.4 is 24.4 Å². The highest BCUT2D eigenvalue weighted by Crippen LogP contribution is 2.31. The summed E-state index contributed by atoms with van der Waals surface area (Å²) in [4.78, 5) is 15.7. The highest BCUT2D eigenvalue weighted by atomic mass is 32.2. The molecule has 3 aromatic rings. The Morgan fingerprint density at radius 3 is 2.00 bits per heavy atom. The minimum absolute atomic E-state index is 0.137. The van der Waals surface area contributed by atoms with Crippen molar-refractivity contribution in [2.45, 2.75) is 30.8 Å². The van der Waals surface area contributed by atoms with E-state index in [4.69, 9.17) is 14.2 Å². The third-order valence-electron chi connectivity index (χ3n) is 6.90. The smallest absolute Gasteiger partial charge is 0.243 e. The number of hydrogen-bond donors (Lipinski definition) is 1. The summed E-state index contributed by atoms with van der Waals surface area (Å²) in [5.74, 6) is 1.55. The van der Waals surface area contributed by atoms with Crippen LogP contribution in [0, 0.1) is 0 Å². The van der Waals surface area contributed by atoms with E-state index >= 15 is 0 Å². The Bertz CT molecular complexity index is 1350. The first-order chi connectivity index (χ1) is 18.8. The van der Waals surface area contributed by atoms with Gasteiger partial charge in [-0.15, -0.1) is 0 Å². The van der Waals surface area contributed by atoms with Gasteiger partial charge in [-0.2, -0.15) is 4.31 Å². The van der Waals surface area contributed by atoms with Gasteiger partial charge < -0.3 is 24.4 Å². The summed E-state index contributed by atoms with van der Waals surface area (Å²) < 4.78 is 44.9. The van der Waals surface area contributed by atoms with Gasteiger partial charge in [0.1, 0.15) is 23.3 Å². The van der Waals surface area contributed by atoms with Crippen LogP contribution in [0.25, 0.3) is 0 Å². The molecular weight excluding hydrogens is 518 g/mol. The Balaban J connectivity index is 1.62. The van der Waals surface area contributed by atoms with Crippen LogP contribution in [0.2, 0.25) is 0 Å². The average molecular weight is 554 g/mol. The molecule has 4 rings (SSSR count). The van der Waals surface area contributed by atoms with Crippen LogP contribution in [0.1, 0.15) is 18.1 Å². The van der Waals surface area contributed by atoms with Crippen LogP contribution in [-0.2, 0) is 27.8 Å². The summed E-state index contributed by atoms with van der Waals surface area (Å²) in [5.41, 5.74) is 2.70. The Labute approximate surface area is 230 Å². The molecule has 1 aliphatic heterocycles. The second-order valence-corrected chi connectivity index (χ2v) is 11.1. The normalized spacial score (nSPS) is 16.0. The van der Waals surface area contributed by atoms with Crippen molar-refractivity contribution in [1.29, 1.82) is 0 Å². The molecule has 10 heteroatoms. The highest BCUT2D eigenvalue weighted by Gasteiger charge is 2.40. The number of sulfonamides is 1. The zero-order valence-electron chi connectivity index (χ0n) is 22.7. The monoisotopic (exact) mass is 553 g/mol. The summed E-state index contributed by atoms with van der Waals surface area (Å²) in [6.07, 6.45) is 0.805. The van der Waals surface area contributed by atoms with E-state index in [0.29, 0.717) is 23.8 Å². The molecule has 0 saturated carbocycles. The zero-order valence-corrected chi connectivity index (χ0v) is 23.5. The van der Waals surface area contributed by atoms with Crippen molar-refractivity contribution in [3.8, 4) is 17.2 Å². The minimum atomic E-state index is -3.92. The molecule has 39 heavy (non-hydrogen) atoms. The quantitative estimate of drug-likeness (QED) is 0.411. The molecule has 1 N–H and O–H groups in total. The summed E-state index contributed by atoms with van der Waals surface area (Å²) in [5, 5.41) is 2.93. The van der Waals surface area contributed by atoms with Crippen molar-refractivity contribution >= 4 is 21.6 Å². The van der Waals surface area contributed by atoms with E-state index in [2.05, 4.69) is 5.32 Å². The second kappa shape index (κ2) is 12.4. The van der Waals surface area contributed by atoms with Crippen LogP contribution >= 0.6 is 0 Å². The number of hydrogen-bond acceptors (Lipinski definition) is 7. The molecule has 0 radical (unpaired) electrons. The molecule has 0 aromatic heterocycles. The maximum atomic E-state index is 13.8. The largest absolute Gasteiger partial charge is 0.497 e. The molecule has 9 nitrogen and oxygen atoms in total. The number of nitrogens with zero attached hydrogens (tertiary/aromatic N) is 2. The number of amides is 1. The number of benzene rings is 3. The number of carbonyl (C=O) groups is 1. The first-order valence-electron chi connectivity index (χ1n) is 12.8. The number of carbonyl (C=O) groups excluding carboxylic acids is 1. The topological polar surface area (TPSA) is 97.4 Å². The second-order valence-electron chi connectivity index (χ2n) is 9.21. The van der Waals surface area contributed by atoms with Gasteiger partial charge in [-0.3, -0.25) is 4.79 Å². The maximum Gasteiger partial charge on any atom is 0.243 e. The number of rotatable bonds is 10. The van der Waals surface area contributed by atoms with Crippen LogP contribution in [0.5, 0.6) is 17.2 Å². The Kier molecular flexibility index (Phi) is 8.98. The first kappa shape index (κ1) is 28.3. The standard InChI is InChI=1S/C29H35N3O6S/c1-5-21-8-12-27(13-9-21)39(34,35)32-15-14-31(23-16-25(37-3)18-26(17-23)38-4)20-28(32)29(33)30-19-22-6-10-24(36-2)11-7-22/h6-13,16-18,28H,5,14-15,19-20H2,1-4H3,(H,30,33)/t28-/m1/s1. The lowest BCUT2D eigenvalue weighted by atomic mass is 10.1. The molecule has 1 amide bonds. The number of nitrogens with one attached hydrogen (secondary N) is 1. The summed E-state index contributed by atoms with van der Waals surface area (Å²) in [6.45, 7) is 2.96. The van der Waals surface area contributed by atoms with Gasteiger partial charge in [-0.25, -0.2) is 8.42 Å². The summed E-state index contributed by atoms with van der Waals surface area (Å²) in [7, 11) is 0.811. The maximum absolute atomic E-state index is 13.8. The fourth-order valence-electron chi connectivity index (χ4n) is 4.56. The van der Waals surface area contributed by atoms with E-state index in [9.17, 15) is 13.2 Å². The van der Waals surface area contributed by atoms with Crippen molar-refractivity contribution < 1.29 is 27.4 Å². The number of piperazine rings is 1. The SMILES string of the molecule is CCc1ccc(S(=O)(=O)N2CCN(c3cc(OC)cc(OC)c3)C[C@@H]2C(=O)NCc2ccc(OC)cc2)cc1. The predicted molar refractivity (Wildman–Crippen MR) is 150 cm³/mol. The number of methoxy groups -OCH3 is 3. The van der Waals surface area contributed by atoms with Crippen LogP contribution in [0.4, 0.5) is 5.69 Å². The van der Waals surface area contributed by atoms with Crippen molar-refractivity contribution in [1.82, 2.24) is 9.62 Å². The first-order valence-corrected chi connectivity index (χ1v) is 14.2. The van der Waals surface area contributed by atoms with Crippen molar-refractivity contribution in [3.05, 3.63) is 77.9 Å². The number of aryl methyl sites for hydroxylation is 1. The van der Waals surface area contributed by atoms with E-state index in [1.165, 1.54) is 4.31 Å². The number of anilines is 1. The van der Waals surface area contributed by atoms with Gasteiger partial charge in [0, 0.05) is 50.1 Å². The third-order valence-corrected chi connectivity index (χ3v) is 8.82. The molecule has 1 heterocycles. The summed E-state index contributed by atoms with van der Waals surface area (Å²) in [6, 6.07) is 18.7.